The van der Waals surface area contributed by atoms with E-state index in [1.807, 2.05) is 19.1 Å². The number of rotatable bonds is 4. The number of carbonyl (C=O) groups excluding carboxylic acids is 1. The Morgan fingerprint density at radius 2 is 1.90 bits per heavy atom. The summed E-state index contributed by atoms with van der Waals surface area (Å²) < 4.78 is 10.5. The van der Waals surface area contributed by atoms with Crippen LogP contribution in [0.3, 0.4) is 0 Å². The van der Waals surface area contributed by atoms with Gasteiger partial charge in [0, 0.05) is 17.7 Å². The van der Waals surface area contributed by atoms with Crippen LogP contribution in [0.15, 0.2) is 24.3 Å². The van der Waals surface area contributed by atoms with Crippen molar-refractivity contribution < 1.29 is 14.3 Å². The molecule has 4 heteroatoms. The maximum atomic E-state index is 12.3. The normalized spacial score (nSPS) is 17.6. The van der Waals surface area contributed by atoms with E-state index in [0.29, 0.717) is 11.5 Å². The minimum Gasteiger partial charge on any atom is -0.493 e. The first kappa shape index (κ1) is 14.4. The first-order valence-electron chi connectivity index (χ1n) is 6.84. The van der Waals surface area contributed by atoms with Gasteiger partial charge in [-0.3, -0.25) is 4.79 Å². The summed E-state index contributed by atoms with van der Waals surface area (Å²) in [6, 6.07) is 3.68. The van der Waals surface area contributed by atoms with E-state index < -0.39 is 0 Å². The van der Waals surface area contributed by atoms with Gasteiger partial charge >= 0.3 is 0 Å². The molecular formula is C16H21NO3. The van der Waals surface area contributed by atoms with Crippen molar-refractivity contribution >= 4 is 11.6 Å². The summed E-state index contributed by atoms with van der Waals surface area (Å²) in [7, 11) is 3.19. The van der Waals surface area contributed by atoms with Gasteiger partial charge in [0.2, 0.25) is 5.91 Å². The van der Waals surface area contributed by atoms with Gasteiger partial charge in [-0.05, 0) is 37.8 Å². The third-order valence-electron chi connectivity index (χ3n) is 3.63. The van der Waals surface area contributed by atoms with E-state index >= 15 is 0 Å². The first-order chi connectivity index (χ1) is 9.65. The van der Waals surface area contributed by atoms with Crippen molar-refractivity contribution in [3.63, 3.8) is 0 Å². The summed E-state index contributed by atoms with van der Waals surface area (Å²) in [5.74, 6) is 1.43. The molecule has 0 bridgehead atoms. The van der Waals surface area contributed by atoms with E-state index in [-0.39, 0.29) is 11.8 Å². The van der Waals surface area contributed by atoms with Crippen LogP contribution in [0.25, 0.3) is 0 Å². The zero-order chi connectivity index (χ0) is 14.5. The van der Waals surface area contributed by atoms with Gasteiger partial charge < -0.3 is 14.8 Å². The molecule has 108 valence electrons. The van der Waals surface area contributed by atoms with Gasteiger partial charge in [0.25, 0.3) is 0 Å². The van der Waals surface area contributed by atoms with Crippen LogP contribution in [0.5, 0.6) is 11.5 Å². The van der Waals surface area contributed by atoms with Gasteiger partial charge in [-0.2, -0.15) is 0 Å². The van der Waals surface area contributed by atoms with Crippen LogP contribution in [0.2, 0.25) is 0 Å². The van der Waals surface area contributed by atoms with Crippen LogP contribution in [-0.2, 0) is 4.79 Å². The molecule has 0 saturated heterocycles. The standard InChI is InChI=1S/C16H21NO3/c1-11-9-14(19-2)15(20-3)10-13(11)17-16(18)12-7-5-4-6-8-12/h4-5,9-10,12H,6-8H2,1-3H3,(H,17,18)/t12-/m0/s1. The number of benzene rings is 1. The number of anilines is 1. The molecule has 0 aromatic heterocycles. The lowest BCUT2D eigenvalue weighted by Gasteiger charge is -2.19. The Kier molecular flexibility index (Phi) is 4.66. The fourth-order valence-electron chi connectivity index (χ4n) is 2.38. The second kappa shape index (κ2) is 6.46. The second-order valence-corrected chi connectivity index (χ2v) is 4.99. The summed E-state index contributed by atoms with van der Waals surface area (Å²) >= 11 is 0. The van der Waals surface area contributed by atoms with Gasteiger partial charge in [0.15, 0.2) is 11.5 Å². The molecule has 4 nitrogen and oxygen atoms in total. The summed E-state index contributed by atoms with van der Waals surface area (Å²) in [4.78, 5) is 12.3. The van der Waals surface area contributed by atoms with Crippen LogP contribution < -0.4 is 14.8 Å². The van der Waals surface area contributed by atoms with E-state index in [1.54, 1.807) is 14.2 Å². The third-order valence-corrected chi connectivity index (χ3v) is 3.63. The highest BCUT2D eigenvalue weighted by atomic mass is 16.5. The fraction of sp³-hybridized carbons (Fsp3) is 0.438. The first-order valence-corrected chi connectivity index (χ1v) is 6.84. The average Bonchev–Trinajstić information content (AvgIpc) is 2.49. The number of amides is 1. The zero-order valence-electron chi connectivity index (χ0n) is 12.2. The Labute approximate surface area is 119 Å². The molecule has 1 aromatic rings. The number of hydrogen-bond acceptors (Lipinski definition) is 3. The highest BCUT2D eigenvalue weighted by Gasteiger charge is 2.20. The molecule has 1 aliphatic carbocycles. The molecule has 20 heavy (non-hydrogen) atoms. The smallest absolute Gasteiger partial charge is 0.227 e. The van der Waals surface area contributed by atoms with Crippen molar-refractivity contribution in [3.05, 3.63) is 29.8 Å². The minimum atomic E-state index is 0.0625. The second-order valence-electron chi connectivity index (χ2n) is 4.99. The van der Waals surface area contributed by atoms with Crippen LogP contribution in [-0.4, -0.2) is 20.1 Å². The third kappa shape index (κ3) is 3.13. The summed E-state index contributed by atoms with van der Waals surface area (Å²) in [6.45, 7) is 1.94. The lowest BCUT2D eigenvalue weighted by Crippen LogP contribution is -2.23. The molecular weight excluding hydrogens is 254 g/mol. The van der Waals surface area contributed by atoms with Gasteiger partial charge in [-0.1, -0.05) is 12.2 Å². The molecule has 0 fully saturated rings. The number of hydrogen-bond donors (Lipinski definition) is 1. The Hall–Kier alpha value is -1.97. The minimum absolute atomic E-state index is 0.0625. The molecule has 1 atom stereocenters. The van der Waals surface area contributed by atoms with Crippen LogP contribution in [0.1, 0.15) is 24.8 Å². The van der Waals surface area contributed by atoms with E-state index in [4.69, 9.17) is 9.47 Å². The van der Waals surface area contributed by atoms with Crippen molar-refractivity contribution in [2.24, 2.45) is 5.92 Å². The summed E-state index contributed by atoms with van der Waals surface area (Å²) in [5, 5.41) is 3.00. The Morgan fingerprint density at radius 1 is 1.20 bits per heavy atom. The monoisotopic (exact) mass is 275 g/mol. The Bertz CT molecular complexity index is 523. The van der Waals surface area contributed by atoms with Crippen LogP contribution in [0, 0.1) is 12.8 Å². The van der Waals surface area contributed by atoms with Crippen LogP contribution in [0.4, 0.5) is 5.69 Å². The van der Waals surface area contributed by atoms with Crippen molar-refractivity contribution in [1.82, 2.24) is 0 Å². The number of allylic oxidation sites excluding steroid dienone is 2. The van der Waals surface area contributed by atoms with E-state index in [1.165, 1.54) is 0 Å². The number of nitrogens with one attached hydrogen (secondary N) is 1. The molecule has 0 unspecified atom stereocenters. The highest BCUT2D eigenvalue weighted by molar-refractivity contribution is 5.93. The number of ether oxygens (including phenoxy) is 2. The number of aryl methyl sites for hydroxylation is 1. The van der Waals surface area contributed by atoms with Crippen LogP contribution >= 0.6 is 0 Å². The van der Waals surface area contributed by atoms with Crippen molar-refractivity contribution in [2.75, 3.05) is 19.5 Å². The molecule has 0 radical (unpaired) electrons. The molecule has 1 aliphatic rings. The summed E-state index contributed by atoms with van der Waals surface area (Å²) in [5.41, 5.74) is 1.74. The molecule has 0 saturated carbocycles. The molecule has 0 spiro atoms. The van der Waals surface area contributed by atoms with Crippen molar-refractivity contribution in [2.45, 2.75) is 26.2 Å². The topological polar surface area (TPSA) is 47.6 Å². The molecule has 2 rings (SSSR count). The molecule has 0 heterocycles. The lowest BCUT2D eigenvalue weighted by atomic mass is 9.93. The largest absolute Gasteiger partial charge is 0.493 e. The SMILES string of the molecule is COc1cc(C)c(NC(=O)[C@H]2CC=CCC2)cc1OC. The van der Waals surface area contributed by atoms with Gasteiger partial charge in [0.05, 0.1) is 14.2 Å². The summed E-state index contributed by atoms with van der Waals surface area (Å²) in [6.07, 6.45) is 6.91. The molecule has 0 aliphatic heterocycles. The van der Waals surface area contributed by atoms with Gasteiger partial charge in [0.1, 0.15) is 0 Å². The Morgan fingerprint density at radius 3 is 2.50 bits per heavy atom. The van der Waals surface area contributed by atoms with Gasteiger partial charge in [-0.15, -0.1) is 0 Å². The van der Waals surface area contributed by atoms with Crippen molar-refractivity contribution in [1.29, 1.82) is 0 Å². The predicted molar refractivity (Wildman–Crippen MR) is 79.4 cm³/mol. The molecule has 1 aromatic carbocycles. The molecule has 1 N–H and O–H groups in total. The maximum absolute atomic E-state index is 12.3. The van der Waals surface area contributed by atoms with Gasteiger partial charge in [-0.25, -0.2) is 0 Å². The van der Waals surface area contributed by atoms with E-state index in [2.05, 4.69) is 17.5 Å². The number of methoxy groups -OCH3 is 2. The predicted octanol–water partition coefficient (Wildman–Crippen LogP) is 3.31. The van der Waals surface area contributed by atoms with E-state index in [0.717, 1.165) is 30.5 Å². The average molecular weight is 275 g/mol. The van der Waals surface area contributed by atoms with Crippen molar-refractivity contribution in [3.8, 4) is 11.5 Å². The molecule has 1 amide bonds. The quantitative estimate of drug-likeness (QED) is 0.858. The lowest BCUT2D eigenvalue weighted by molar-refractivity contribution is -0.120. The Balaban J connectivity index is 2.16. The number of carbonyl (C=O) groups is 1. The zero-order valence-corrected chi connectivity index (χ0v) is 12.2. The fourth-order valence-corrected chi connectivity index (χ4v) is 2.38. The maximum Gasteiger partial charge on any atom is 0.227 e. The van der Waals surface area contributed by atoms with E-state index in [9.17, 15) is 4.79 Å². The highest BCUT2D eigenvalue weighted by Crippen LogP contribution is 2.33.